The minimum atomic E-state index is -3.67. The largest absolute Gasteiger partial charge is 0.495 e. The summed E-state index contributed by atoms with van der Waals surface area (Å²) in [6, 6.07) is 8.57. The number of methoxy groups -OCH3 is 1. The van der Waals surface area contributed by atoms with Crippen LogP contribution in [0.5, 0.6) is 5.75 Å². The van der Waals surface area contributed by atoms with Crippen molar-refractivity contribution in [3.05, 3.63) is 47.7 Å². The topological polar surface area (TPSA) is 71.5 Å². The number of ether oxygens (including phenoxy) is 1. The Labute approximate surface area is 159 Å². The van der Waals surface area contributed by atoms with Gasteiger partial charge in [-0.1, -0.05) is 11.6 Å². The second kappa shape index (κ2) is 8.24. The van der Waals surface area contributed by atoms with Crippen LogP contribution in [0.25, 0.3) is 0 Å². The molecule has 140 valence electrons. The molecule has 8 heteroatoms. The molecule has 1 aliphatic rings. The van der Waals surface area contributed by atoms with Crippen molar-refractivity contribution < 1.29 is 13.2 Å². The number of anilines is 1. The Morgan fingerprint density at radius 2 is 1.92 bits per heavy atom. The average molecular weight is 396 g/mol. The summed E-state index contributed by atoms with van der Waals surface area (Å²) in [7, 11) is -2.23. The van der Waals surface area contributed by atoms with E-state index in [0.29, 0.717) is 17.5 Å². The summed E-state index contributed by atoms with van der Waals surface area (Å²) in [5, 5.41) is 0.358. The Morgan fingerprint density at radius 1 is 1.23 bits per heavy atom. The molecule has 0 aliphatic carbocycles. The zero-order valence-corrected chi connectivity index (χ0v) is 16.1. The lowest BCUT2D eigenvalue weighted by atomic mass is 9.97. The molecule has 1 aromatic heterocycles. The maximum atomic E-state index is 12.6. The third kappa shape index (κ3) is 4.47. The van der Waals surface area contributed by atoms with Gasteiger partial charge in [-0.25, -0.2) is 13.1 Å². The number of benzene rings is 1. The molecular weight excluding hydrogens is 374 g/mol. The summed E-state index contributed by atoms with van der Waals surface area (Å²) < 4.78 is 33.1. The highest BCUT2D eigenvalue weighted by Crippen LogP contribution is 2.27. The van der Waals surface area contributed by atoms with E-state index in [-0.39, 0.29) is 10.6 Å². The number of nitrogens with one attached hydrogen (secondary N) is 1. The first kappa shape index (κ1) is 18.9. The fourth-order valence-electron chi connectivity index (χ4n) is 3.12. The molecule has 6 nitrogen and oxygen atoms in total. The van der Waals surface area contributed by atoms with Gasteiger partial charge < -0.3 is 9.64 Å². The average Bonchev–Trinajstić information content (AvgIpc) is 2.67. The zero-order valence-electron chi connectivity index (χ0n) is 14.6. The Morgan fingerprint density at radius 3 is 2.58 bits per heavy atom. The van der Waals surface area contributed by atoms with Crippen molar-refractivity contribution in [1.82, 2.24) is 9.71 Å². The predicted octanol–water partition coefficient (Wildman–Crippen LogP) is 2.94. The molecule has 0 radical (unpaired) electrons. The molecule has 1 aliphatic heterocycles. The van der Waals surface area contributed by atoms with Crippen LogP contribution in [-0.2, 0) is 10.0 Å². The van der Waals surface area contributed by atoms with Crippen molar-refractivity contribution in [2.24, 2.45) is 5.92 Å². The van der Waals surface area contributed by atoms with Crippen LogP contribution < -0.4 is 14.4 Å². The molecule has 0 atom stereocenters. The molecule has 0 unspecified atom stereocenters. The highest BCUT2D eigenvalue weighted by Gasteiger charge is 2.24. The summed E-state index contributed by atoms with van der Waals surface area (Å²) in [6.45, 7) is 2.20. The second-order valence-corrected chi connectivity index (χ2v) is 8.45. The minimum Gasteiger partial charge on any atom is -0.495 e. The third-order valence-electron chi connectivity index (χ3n) is 4.62. The predicted molar refractivity (Wildman–Crippen MR) is 102 cm³/mol. The summed E-state index contributed by atoms with van der Waals surface area (Å²) in [5.41, 5.74) is 1.16. The van der Waals surface area contributed by atoms with E-state index in [2.05, 4.69) is 14.6 Å². The first-order valence-electron chi connectivity index (χ1n) is 8.48. The standard InChI is InChI=1S/C18H22ClN3O3S/c1-25-17-3-2-15(19)12-18(17)26(23,24)21-13-14-6-10-22(11-7-14)16-4-8-20-9-5-16/h2-5,8-9,12,14,21H,6-7,10-11,13H2,1H3. The van der Waals surface area contributed by atoms with Crippen LogP contribution in [0.1, 0.15) is 12.8 Å². The van der Waals surface area contributed by atoms with Crippen molar-refractivity contribution >= 4 is 27.3 Å². The maximum Gasteiger partial charge on any atom is 0.244 e. The molecule has 0 saturated carbocycles. The fraction of sp³-hybridized carbons (Fsp3) is 0.389. The van der Waals surface area contributed by atoms with Gasteiger partial charge in [-0.2, -0.15) is 0 Å². The van der Waals surface area contributed by atoms with Crippen LogP contribution >= 0.6 is 11.6 Å². The van der Waals surface area contributed by atoms with Crippen molar-refractivity contribution in [1.29, 1.82) is 0 Å². The summed E-state index contributed by atoms with van der Waals surface area (Å²) in [5.74, 6) is 0.586. The summed E-state index contributed by atoms with van der Waals surface area (Å²) in [4.78, 5) is 6.41. The number of sulfonamides is 1. The Balaban J connectivity index is 1.59. The zero-order chi connectivity index (χ0) is 18.6. The quantitative estimate of drug-likeness (QED) is 0.814. The molecule has 2 heterocycles. The van der Waals surface area contributed by atoms with Crippen molar-refractivity contribution in [3.8, 4) is 5.75 Å². The number of nitrogens with zero attached hydrogens (tertiary/aromatic N) is 2. The van der Waals surface area contributed by atoms with Crippen molar-refractivity contribution in [2.45, 2.75) is 17.7 Å². The van der Waals surface area contributed by atoms with E-state index in [0.717, 1.165) is 31.6 Å². The molecule has 1 N–H and O–H groups in total. The van der Waals surface area contributed by atoms with Gasteiger partial charge in [0.15, 0.2) is 0 Å². The van der Waals surface area contributed by atoms with E-state index >= 15 is 0 Å². The van der Waals surface area contributed by atoms with Gasteiger partial charge in [-0.15, -0.1) is 0 Å². The number of piperidine rings is 1. The van der Waals surface area contributed by atoms with Crippen LogP contribution in [0.4, 0.5) is 5.69 Å². The van der Waals surface area contributed by atoms with Gasteiger partial charge in [-0.05, 0) is 49.1 Å². The third-order valence-corrected chi connectivity index (χ3v) is 6.30. The number of hydrogen-bond acceptors (Lipinski definition) is 5. The molecule has 26 heavy (non-hydrogen) atoms. The summed E-state index contributed by atoms with van der Waals surface area (Å²) in [6.07, 6.45) is 5.43. The van der Waals surface area contributed by atoms with Gasteiger partial charge in [0.2, 0.25) is 10.0 Å². The molecule has 1 aromatic carbocycles. The number of rotatable bonds is 6. The van der Waals surface area contributed by atoms with Gasteiger partial charge in [0.05, 0.1) is 7.11 Å². The molecule has 0 bridgehead atoms. The van der Waals surface area contributed by atoms with E-state index < -0.39 is 10.0 Å². The maximum absolute atomic E-state index is 12.6. The van der Waals surface area contributed by atoms with E-state index in [1.807, 2.05) is 12.1 Å². The lowest BCUT2D eigenvalue weighted by Gasteiger charge is -2.33. The van der Waals surface area contributed by atoms with Crippen LogP contribution in [0, 0.1) is 5.92 Å². The van der Waals surface area contributed by atoms with E-state index in [9.17, 15) is 8.42 Å². The monoisotopic (exact) mass is 395 g/mol. The first-order chi connectivity index (χ1) is 12.5. The number of halogens is 1. The summed E-state index contributed by atoms with van der Waals surface area (Å²) >= 11 is 5.95. The molecular formula is C18H22ClN3O3S. The second-order valence-electron chi connectivity index (χ2n) is 6.28. The molecule has 2 aromatic rings. The number of pyridine rings is 1. The van der Waals surface area contributed by atoms with Gasteiger partial charge in [-0.3, -0.25) is 4.98 Å². The van der Waals surface area contributed by atoms with E-state index in [1.165, 1.54) is 13.2 Å². The van der Waals surface area contributed by atoms with Crippen LogP contribution in [0.3, 0.4) is 0 Å². The van der Waals surface area contributed by atoms with Crippen molar-refractivity contribution in [2.75, 3.05) is 31.6 Å². The smallest absolute Gasteiger partial charge is 0.244 e. The lowest BCUT2D eigenvalue weighted by molar-refractivity contribution is 0.395. The number of aromatic nitrogens is 1. The van der Waals surface area contributed by atoms with E-state index in [1.54, 1.807) is 24.5 Å². The Bertz CT molecular complexity index is 838. The highest BCUT2D eigenvalue weighted by atomic mass is 35.5. The van der Waals surface area contributed by atoms with Crippen LogP contribution in [-0.4, -0.2) is 40.1 Å². The molecule has 1 saturated heterocycles. The Kier molecular flexibility index (Phi) is 6.01. The van der Waals surface area contributed by atoms with Crippen LogP contribution in [0.15, 0.2) is 47.6 Å². The normalized spacial score (nSPS) is 15.8. The molecule has 3 rings (SSSR count). The van der Waals surface area contributed by atoms with E-state index in [4.69, 9.17) is 16.3 Å². The molecule has 1 fully saturated rings. The van der Waals surface area contributed by atoms with Gasteiger partial charge >= 0.3 is 0 Å². The molecule has 0 spiro atoms. The Hall–Kier alpha value is -1.83. The SMILES string of the molecule is COc1ccc(Cl)cc1S(=O)(=O)NCC1CCN(c2ccncc2)CC1. The van der Waals surface area contributed by atoms with Crippen LogP contribution in [0.2, 0.25) is 5.02 Å². The number of hydrogen-bond donors (Lipinski definition) is 1. The van der Waals surface area contributed by atoms with Gasteiger partial charge in [0.25, 0.3) is 0 Å². The fourth-order valence-corrected chi connectivity index (χ4v) is 4.66. The van der Waals surface area contributed by atoms with Crippen molar-refractivity contribution in [3.63, 3.8) is 0 Å². The van der Waals surface area contributed by atoms with Gasteiger partial charge in [0.1, 0.15) is 10.6 Å². The minimum absolute atomic E-state index is 0.0710. The first-order valence-corrected chi connectivity index (χ1v) is 10.3. The molecule has 0 amide bonds. The van der Waals surface area contributed by atoms with Gasteiger partial charge in [0, 0.05) is 42.7 Å². The lowest BCUT2D eigenvalue weighted by Crippen LogP contribution is -2.38. The highest BCUT2D eigenvalue weighted by molar-refractivity contribution is 7.89.